The quantitative estimate of drug-likeness (QED) is 0.876. The van der Waals surface area contributed by atoms with E-state index in [4.69, 9.17) is 4.52 Å². The Bertz CT molecular complexity index is 607. The third-order valence-electron chi connectivity index (χ3n) is 2.84. The highest BCUT2D eigenvalue weighted by molar-refractivity contribution is 5.91. The Hall–Kier alpha value is -2.37. The Labute approximate surface area is 117 Å². The van der Waals surface area contributed by atoms with Crippen molar-refractivity contribution in [1.82, 2.24) is 10.1 Å². The molecule has 6 heteroatoms. The first-order valence-electron chi connectivity index (χ1n) is 6.52. The Morgan fingerprint density at radius 3 is 2.80 bits per heavy atom. The summed E-state index contributed by atoms with van der Waals surface area (Å²) >= 11 is 0. The van der Waals surface area contributed by atoms with Crippen LogP contribution in [0, 0.1) is 13.8 Å². The topological polar surface area (TPSA) is 80.0 Å². The number of hydrogen-bond donors (Lipinski definition) is 2. The van der Waals surface area contributed by atoms with Crippen molar-refractivity contribution in [2.24, 2.45) is 0 Å². The fraction of sp³-hybridized carbons (Fsp3) is 0.357. The molecule has 0 saturated carbocycles. The summed E-state index contributed by atoms with van der Waals surface area (Å²) in [6.45, 7) is 6.04. The first-order valence-corrected chi connectivity index (χ1v) is 6.52. The number of anilines is 2. The maximum atomic E-state index is 11.4. The molecule has 0 fully saturated rings. The van der Waals surface area contributed by atoms with Crippen molar-refractivity contribution >= 4 is 17.3 Å². The lowest BCUT2D eigenvalue weighted by Gasteiger charge is -2.10. The number of rotatable bonds is 5. The molecule has 1 aromatic heterocycles. The molecule has 2 N–H and O–H groups in total. The average Bonchev–Trinajstić information content (AvgIpc) is 2.85. The van der Waals surface area contributed by atoms with E-state index in [-0.39, 0.29) is 5.91 Å². The summed E-state index contributed by atoms with van der Waals surface area (Å²) in [6, 6.07) is 5.73. The van der Waals surface area contributed by atoms with Crippen molar-refractivity contribution in [2.75, 3.05) is 10.6 Å². The zero-order chi connectivity index (χ0) is 14.5. The van der Waals surface area contributed by atoms with E-state index in [1.54, 1.807) is 6.92 Å². The van der Waals surface area contributed by atoms with Gasteiger partial charge in [-0.25, -0.2) is 0 Å². The molecule has 1 aromatic carbocycles. The molecule has 0 bridgehead atoms. The lowest BCUT2D eigenvalue weighted by Crippen LogP contribution is -2.10. The standard InChI is InChI=1S/C14H18N4O2/c1-4-13(19)17-11-6-5-9(2)12(7-11)15-8-14-16-10(3)18-20-14/h5-7,15H,4,8H2,1-3H3,(H,17,19). The first-order chi connectivity index (χ1) is 9.58. The van der Waals surface area contributed by atoms with Crippen molar-refractivity contribution < 1.29 is 9.32 Å². The number of carbonyl (C=O) groups is 1. The minimum Gasteiger partial charge on any atom is -0.376 e. The van der Waals surface area contributed by atoms with Crippen molar-refractivity contribution in [1.29, 1.82) is 0 Å². The Balaban J connectivity index is 2.06. The van der Waals surface area contributed by atoms with Gasteiger partial charge in [0.05, 0.1) is 6.54 Å². The lowest BCUT2D eigenvalue weighted by molar-refractivity contribution is -0.115. The van der Waals surface area contributed by atoms with Crippen LogP contribution in [-0.4, -0.2) is 16.0 Å². The molecule has 1 heterocycles. The van der Waals surface area contributed by atoms with E-state index in [1.807, 2.05) is 32.0 Å². The van der Waals surface area contributed by atoms with Gasteiger partial charge in [0.25, 0.3) is 0 Å². The Morgan fingerprint density at radius 2 is 2.15 bits per heavy atom. The van der Waals surface area contributed by atoms with Gasteiger partial charge in [0.1, 0.15) is 0 Å². The zero-order valence-electron chi connectivity index (χ0n) is 11.9. The fourth-order valence-electron chi connectivity index (χ4n) is 1.72. The average molecular weight is 274 g/mol. The maximum Gasteiger partial charge on any atom is 0.245 e. The first kappa shape index (κ1) is 14.0. The molecule has 6 nitrogen and oxygen atoms in total. The number of hydrogen-bond acceptors (Lipinski definition) is 5. The van der Waals surface area contributed by atoms with Crippen molar-refractivity contribution in [2.45, 2.75) is 33.7 Å². The summed E-state index contributed by atoms with van der Waals surface area (Å²) in [5.41, 5.74) is 2.78. The number of carbonyl (C=O) groups excluding carboxylic acids is 1. The smallest absolute Gasteiger partial charge is 0.245 e. The molecule has 2 aromatic rings. The normalized spacial score (nSPS) is 10.3. The minimum atomic E-state index is -0.00710. The number of amides is 1. The summed E-state index contributed by atoms with van der Waals surface area (Å²) in [4.78, 5) is 15.5. The van der Waals surface area contributed by atoms with Gasteiger partial charge in [-0.05, 0) is 31.5 Å². The van der Waals surface area contributed by atoms with Gasteiger partial charge in [0, 0.05) is 17.8 Å². The SMILES string of the molecule is CCC(=O)Nc1ccc(C)c(NCc2nc(C)no2)c1. The number of nitrogens with one attached hydrogen (secondary N) is 2. The molecule has 0 spiro atoms. The van der Waals surface area contributed by atoms with Crippen LogP contribution in [0.25, 0.3) is 0 Å². The van der Waals surface area contributed by atoms with Gasteiger partial charge in [-0.3, -0.25) is 4.79 Å². The van der Waals surface area contributed by atoms with E-state index in [0.29, 0.717) is 24.7 Å². The molecule has 0 aliphatic heterocycles. The van der Waals surface area contributed by atoms with E-state index in [2.05, 4.69) is 20.8 Å². The molecular formula is C14H18N4O2. The van der Waals surface area contributed by atoms with Crippen LogP contribution >= 0.6 is 0 Å². The highest BCUT2D eigenvalue weighted by Crippen LogP contribution is 2.21. The van der Waals surface area contributed by atoms with Gasteiger partial charge in [0.2, 0.25) is 11.8 Å². The molecule has 0 aliphatic rings. The second kappa shape index (κ2) is 6.18. The molecule has 2 rings (SSSR count). The molecule has 0 radical (unpaired) electrons. The molecular weight excluding hydrogens is 256 g/mol. The number of aryl methyl sites for hydroxylation is 2. The molecule has 20 heavy (non-hydrogen) atoms. The summed E-state index contributed by atoms with van der Waals surface area (Å²) < 4.78 is 5.04. The maximum absolute atomic E-state index is 11.4. The van der Waals surface area contributed by atoms with E-state index in [9.17, 15) is 4.79 Å². The third-order valence-corrected chi connectivity index (χ3v) is 2.84. The van der Waals surface area contributed by atoms with Crippen LogP contribution in [-0.2, 0) is 11.3 Å². The molecule has 0 aliphatic carbocycles. The predicted molar refractivity (Wildman–Crippen MR) is 76.5 cm³/mol. The molecule has 0 atom stereocenters. The predicted octanol–water partition coefficient (Wildman–Crippen LogP) is 2.65. The summed E-state index contributed by atoms with van der Waals surface area (Å²) in [5, 5.41) is 9.79. The second-order valence-electron chi connectivity index (χ2n) is 4.52. The van der Waals surface area contributed by atoms with Gasteiger partial charge in [0.15, 0.2) is 5.82 Å². The van der Waals surface area contributed by atoms with Crippen LogP contribution < -0.4 is 10.6 Å². The largest absolute Gasteiger partial charge is 0.376 e. The van der Waals surface area contributed by atoms with Crippen molar-refractivity contribution in [3.63, 3.8) is 0 Å². The van der Waals surface area contributed by atoms with Crippen LogP contribution in [0.3, 0.4) is 0 Å². The Kier molecular flexibility index (Phi) is 4.34. The molecule has 0 unspecified atom stereocenters. The van der Waals surface area contributed by atoms with Crippen LogP contribution in [0.15, 0.2) is 22.7 Å². The zero-order valence-corrected chi connectivity index (χ0v) is 11.9. The van der Waals surface area contributed by atoms with Crippen molar-refractivity contribution in [3.8, 4) is 0 Å². The molecule has 0 saturated heterocycles. The molecule has 106 valence electrons. The van der Waals surface area contributed by atoms with Crippen LogP contribution in [0.2, 0.25) is 0 Å². The second-order valence-corrected chi connectivity index (χ2v) is 4.52. The van der Waals surface area contributed by atoms with Crippen molar-refractivity contribution in [3.05, 3.63) is 35.5 Å². The summed E-state index contributed by atoms with van der Waals surface area (Å²) in [6.07, 6.45) is 0.456. The van der Waals surface area contributed by atoms with Crippen LogP contribution in [0.1, 0.15) is 30.6 Å². The van der Waals surface area contributed by atoms with Gasteiger partial charge in [-0.15, -0.1) is 0 Å². The van der Waals surface area contributed by atoms with Gasteiger partial charge < -0.3 is 15.2 Å². The lowest BCUT2D eigenvalue weighted by atomic mass is 10.1. The number of aromatic nitrogens is 2. The summed E-state index contributed by atoms with van der Waals surface area (Å²) in [7, 11) is 0. The van der Waals surface area contributed by atoms with Gasteiger partial charge in [-0.2, -0.15) is 4.98 Å². The van der Waals surface area contributed by atoms with E-state index < -0.39 is 0 Å². The monoisotopic (exact) mass is 274 g/mol. The minimum absolute atomic E-state index is 0.00710. The van der Waals surface area contributed by atoms with E-state index in [1.165, 1.54) is 0 Å². The van der Waals surface area contributed by atoms with E-state index >= 15 is 0 Å². The van der Waals surface area contributed by atoms with Gasteiger partial charge in [-0.1, -0.05) is 18.1 Å². The summed E-state index contributed by atoms with van der Waals surface area (Å²) in [5.74, 6) is 1.14. The highest BCUT2D eigenvalue weighted by Gasteiger charge is 2.06. The third kappa shape index (κ3) is 3.57. The van der Waals surface area contributed by atoms with Crippen LogP contribution in [0.5, 0.6) is 0 Å². The number of nitrogens with zero attached hydrogens (tertiary/aromatic N) is 2. The van der Waals surface area contributed by atoms with E-state index in [0.717, 1.165) is 16.9 Å². The Morgan fingerprint density at radius 1 is 1.35 bits per heavy atom. The van der Waals surface area contributed by atoms with Gasteiger partial charge >= 0.3 is 0 Å². The highest BCUT2D eigenvalue weighted by atomic mass is 16.5. The van der Waals surface area contributed by atoms with Crippen LogP contribution in [0.4, 0.5) is 11.4 Å². The number of benzene rings is 1. The molecule has 1 amide bonds. The fourth-order valence-corrected chi connectivity index (χ4v) is 1.72.